The molecule has 2 rings (SSSR count). The summed E-state index contributed by atoms with van der Waals surface area (Å²) in [6.45, 7) is 0.980. The maximum Gasteiger partial charge on any atom is 0.260 e. The molecular weight excluding hydrogens is 371 g/mol. The predicted octanol–water partition coefficient (Wildman–Crippen LogP) is 4.80. The average Bonchev–Trinajstić information content (AvgIpc) is 2.64. The fourth-order valence-electron chi connectivity index (χ4n) is 2.62. The van der Waals surface area contributed by atoms with E-state index in [1.165, 1.54) is 4.90 Å². The van der Waals surface area contributed by atoms with Crippen LogP contribution in [0.5, 0.6) is 0 Å². The Morgan fingerprint density at radius 1 is 0.808 bits per heavy atom. The summed E-state index contributed by atoms with van der Waals surface area (Å²) in [6.07, 6.45) is 3.53. The minimum Gasteiger partial charge on any atom is -0.330 e. The SMILES string of the molecule is NCCCCCCN(C(=O)c1cccc(Cl)c1)C(=O)c1cccc(Cl)c1. The number of halogens is 2. The van der Waals surface area contributed by atoms with Gasteiger partial charge in [0.2, 0.25) is 0 Å². The third-order valence-electron chi connectivity index (χ3n) is 3.97. The summed E-state index contributed by atoms with van der Waals surface area (Å²) < 4.78 is 0. The molecule has 0 bridgehead atoms. The highest BCUT2D eigenvalue weighted by Crippen LogP contribution is 2.18. The number of imide groups is 1. The summed E-state index contributed by atoms with van der Waals surface area (Å²) in [6, 6.07) is 13.2. The van der Waals surface area contributed by atoms with Gasteiger partial charge in [-0.3, -0.25) is 14.5 Å². The Kier molecular flexibility index (Phi) is 8.10. The first-order chi connectivity index (χ1) is 12.5. The van der Waals surface area contributed by atoms with Crippen LogP contribution in [0.1, 0.15) is 46.4 Å². The predicted molar refractivity (Wildman–Crippen MR) is 106 cm³/mol. The second-order valence-electron chi connectivity index (χ2n) is 5.99. The van der Waals surface area contributed by atoms with Gasteiger partial charge in [0.15, 0.2) is 0 Å². The van der Waals surface area contributed by atoms with Crippen molar-refractivity contribution >= 4 is 35.0 Å². The van der Waals surface area contributed by atoms with E-state index in [0.717, 1.165) is 25.7 Å². The van der Waals surface area contributed by atoms with Crippen molar-refractivity contribution in [1.29, 1.82) is 0 Å². The van der Waals surface area contributed by atoms with E-state index in [1.807, 2.05) is 0 Å². The molecule has 4 nitrogen and oxygen atoms in total. The van der Waals surface area contributed by atoms with Crippen LogP contribution in [0.3, 0.4) is 0 Å². The van der Waals surface area contributed by atoms with E-state index in [1.54, 1.807) is 48.5 Å². The molecule has 0 heterocycles. The van der Waals surface area contributed by atoms with Gasteiger partial charge < -0.3 is 5.73 Å². The molecule has 0 radical (unpaired) electrons. The summed E-state index contributed by atoms with van der Waals surface area (Å²) in [5, 5.41) is 0.905. The van der Waals surface area contributed by atoms with Crippen molar-refractivity contribution < 1.29 is 9.59 Å². The number of nitrogens with zero attached hydrogens (tertiary/aromatic N) is 1. The number of amides is 2. The molecule has 0 saturated carbocycles. The number of carbonyl (C=O) groups excluding carboxylic acids is 2. The van der Waals surface area contributed by atoms with Crippen LogP contribution in [-0.4, -0.2) is 29.8 Å². The highest BCUT2D eigenvalue weighted by Gasteiger charge is 2.24. The van der Waals surface area contributed by atoms with Gasteiger partial charge in [-0.25, -0.2) is 0 Å². The molecule has 2 N–H and O–H groups in total. The third kappa shape index (κ3) is 5.84. The highest BCUT2D eigenvalue weighted by atomic mass is 35.5. The summed E-state index contributed by atoms with van der Waals surface area (Å²) in [7, 11) is 0. The first kappa shape index (κ1) is 20.4. The molecule has 0 unspecified atom stereocenters. The van der Waals surface area contributed by atoms with Crippen molar-refractivity contribution in [2.45, 2.75) is 25.7 Å². The van der Waals surface area contributed by atoms with Gasteiger partial charge in [0.25, 0.3) is 11.8 Å². The lowest BCUT2D eigenvalue weighted by Crippen LogP contribution is -2.37. The number of nitrogens with two attached hydrogens (primary N) is 1. The van der Waals surface area contributed by atoms with Crippen molar-refractivity contribution in [3.05, 3.63) is 69.7 Å². The van der Waals surface area contributed by atoms with Crippen LogP contribution >= 0.6 is 23.2 Å². The van der Waals surface area contributed by atoms with E-state index in [-0.39, 0.29) is 11.8 Å². The van der Waals surface area contributed by atoms with Gasteiger partial charge in [0, 0.05) is 27.7 Å². The largest absolute Gasteiger partial charge is 0.330 e. The van der Waals surface area contributed by atoms with Gasteiger partial charge >= 0.3 is 0 Å². The second-order valence-corrected chi connectivity index (χ2v) is 6.86. The van der Waals surface area contributed by atoms with Gasteiger partial charge in [-0.2, -0.15) is 0 Å². The van der Waals surface area contributed by atoms with Gasteiger partial charge in [-0.15, -0.1) is 0 Å². The van der Waals surface area contributed by atoms with E-state index in [9.17, 15) is 9.59 Å². The first-order valence-corrected chi connectivity index (χ1v) is 9.36. The molecule has 0 saturated heterocycles. The van der Waals surface area contributed by atoms with E-state index < -0.39 is 0 Å². The standard InChI is InChI=1S/C20H22Cl2N2O2/c21-17-9-5-7-15(13-17)19(25)24(12-4-2-1-3-11-23)20(26)16-8-6-10-18(22)14-16/h5-10,13-14H,1-4,11-12,23H2. The van der Waals surface area contributed by atoms with Crippen molar-refractivity contribution in [1.82, 2.24) is 4.90 Å². The Bertz CT molecular complexity index is 707. The Labute approximate surface area is 163 Å². The normalized spacial score (nSPS) is 10.6. The molecule has 2 amide bonds. The quantitative estimate of drug-likeness (QED) is 0.518. The van der Waals surface area contributed by atoms with Gasteiger partial charge in [-0.05, 0) is 55.8 Å². The van der Waals surface area contributed by atoms with Gasteiger partial charge in [0.05, 0.1) is 0 Å². The molecule has 2 aromatic rings. The van der Waals surface area contributed by atoms with Crippen LogP contribution in [0.2, 0.25) is 10.0 Å². The minimum atomic E-state index is -0.365. The molecule has 0 spiro atoms. The highest BCUT2D eigenvalue weighted by molar-refractivity contribution is 6.31. The van der Waals surface area contributed by atoms with Crippen molar-refractivity contribution in [3.8, 4) is 0 Å². The summed E-state index contributed by atoms with van der Waals surface area (Å²) in [5.74, 6) is -0.729. The Balaban J connectivity index is 2.20. The monoisotopic (exact) mass is 392 g/mol. The van der Waals surface area contributed by atoms with Crippen molar-refractivity contribution in [2.75, 3.05) is 13.1 Å². The Morgan fingerprint density at radius 2 is 1.31 bits per heavy atom. The van der Waals surface area contributed by atoms with E-state index in [0.29, 0.717) is 34.3 Å². The fourth-order valence-corrected chi connectivity index (χ4v) is 3.00. The van der Waals surface area contributed by atoms with Crippen LogP contribution in [0, 0.1) is 0 Å². The third-order valence-corrected chi connectivity index (χ3v) is 4.44. The Hall–Kier alpha value is -1.88. The maximum absolute atomic E-state index is 12.9. The summed E-state index contributed by atoms with van der Waals surface area (Å²) >= 11 is 12.0. The first-order valence-electron chi connectivity index (χ1n) is 8.60. The topological polar surface area (TPSA) is 63.4 Å². The number of carbonyl (C=O) groups is 2. The van der Waals surface area contributed by atoms with E-state index in [2.05, 4.69) is 0 Å². The molecule has 26 heavy (non-hydrogen) atoms. The van der Waals surface area contributed by atoms with Gasteiger partial charge in [-0.1, -0.05) is 48.2 Å². The lowest BCUT2D eigenvalue weighted by Gasteiger charge is -2.21. The van der Waals surface area contributed by atoms with Crippen LogP contribution in [-0.2, 0) is 0 Å². The van der Waals surface area contributed by atoms with Crippen LogP contribution in [0.25, 0.3) is 0 Å². The zero-order chi connectivity index (χ0) is 18.9. The smallest absolute Gasteiger partial charge is 0.260 e. The molecule has 0 fully saturated rings. The number of unbranched alkanes of at least 4 members (excludes halogenated alkanes) is 3. The second kappa shape index (κ2) is 10.3. The molecule has 0 aliphatic carbocycles. The maximum atomic E-state index is 12.9. The van der Waals surface area contributed by atoms with Gasteiger partial charge in [0.1, 0.15) is 0 Å². The molecule has 2 aromatic carbocycles. The number of rotatable bonds is 8. The lowest BCUT2D eigenvalue weighted by atomic mass is 10.1. The molecule has 0 aliphatic rings. The molecule has 0 aliphatic heterocycles. The van der Waals surface area contributed by atoms with Crippen molar-refractivity contribution in [3.63, 3.8) is 0 Å². The summed E-state index contributed by atoms with van der Waals surface area (Å²) in [5.41, 5.74) is 6.27. The average molecular weight is 393 g/mol. The number of hydrogen-bond donors (Lipinski definition) is 1. The zero-order valence-corrected chi connectivity index (χ0v) is 16.0. The molecule has 6 heteroatoms. The van der Waals surface area contributed by atoms with E-state index in [4.69, 9.17) is 28.9 Å². The van der Waals surface area contributed by atoms with E-state index >= 15 is 0 Å². The fraction of sp³-hybridized carbons (Fsp3) is 0.300. The minimum absolute atomic E-state index is 0.335. The summed E-state index contributed by atoms with van der Waals surface area (Å²) in [4.78, 5) is 27.1. The zero-order valence-electron chi connectivity index (χ0n) is 14.5. The van der Waals surface area contributed by atoms with Crippen molar-refractivity contribution in [2.24, 2.45) is 5.73 Å². The van der Waals surface area contributed by atoms with Crippen LogP contribution in [0.15, 0.2) is 48.5 Å². The molecule has 0 aromatic heterocycles. The Morgan fingerprint density at radius 3 is 1.77 bits per heavy atom. The molecular formula is C20H22Cl2N2O2. The van der Waals surface area contributed by atoms with Crippen LogP contribution in [0.4, 0.5) is 0 Å². The number of benzene rings is 2. The molecule has 0 atom stereocenters. The molecule has 138 valence electrons. The lowest BCUT2D eigenvalue weighted by molar-refractivity contribution is 0.0613. The number of hydrogen-bond acceptors (Lipinski definition) is 3. The van der Waals surface area contributed by atoms with Crippen LogP contribution < -0.4 is 5.73 Å².